The molecule has 0 aromatic heterocycles. The molecule has 2 aromatic carbocycles. The minimum Gasteiger partial charge on any atom is -0.369 e. The zero-order valence-corrected chi connectivity index (χ0v) is 16.7. The van der Waals surface area contributed by atoms with Crippen LogP contribution in [0.5, 0.6) is 0 Å². The number of sulfonamides is 1. The number of likely N-dealkylation sites (N-methyl/N-ethyl adjacent to an activating group) is 1. The van der Waals surface area contributed by atoms with E-state index in [1.165, 1.54) is 18.2 Å². The maximum absolute atomic E-state index is 13.8. The molecule has 1 N–H and O–H groups in total. The monoisotopic (exact) mass is 411 g/mol. The van der Waals surface area contributed by atoms with Gasteiger partial charge in [-0.2, -0.15) is 0 Å². The van der Waals surface area contributed by atoms with Crippen molar-refractivity contribution in [2.75, 3.05) is 38.1 Å². The van der Waals surface area contributed by atoms with E-state index in [1.807, 2.05) is 24.3 Å². The largest absolute Gasteiger partial charge is 0.369 e. The Morgan fingerprint density at radius 3 is 2.37 bits per heavy atom. The minimum atomic E-state index is -3.70. The predicted molar refractivity (Wildman–Crippen MR) is 107 cm³/mol. The Hall–Kier alpha value is -1.67. The first-order chi connectivity index (χ1) is 12.8. The molecule has 27 heavy (non-hydrogen) atoms. The van der Waals surface area contributed by atoms with Crippen molar-refractivity contribution in [1.82, 2.24) is 9.62 Å². The molecule has 8 heteroatoms. The highest BCUT2D eigenvalue weighted by molar-refractivity contribution is 7.88. The van der Waals surface area contributed by atoms with E-state index in [9.17, 15) is 12.8 Å². The van der Waals surface area contributed by atoms with E-state index in [4.69, 9.17) is 11.6 Å². The summed E-state index contributed by atoms with van der Waals surface area (Å²) in [5.41, 5.74) is 1.96. The second-order valence-corrected chi connectivity index (χ2v) is 8.95. The van der Waals surface area contributed by atoms with Crippen molar-refractivity contribution in [2.24, 2.45) is 0 Å². The summed E-state index contributed by atoms with van der Waals surface area (Å²) in [6.45, 7) is 4.16. The van der Waals surface area contributed by atoms with Crippen LogP contribution in [-0.2, 0) is 22.3 Å². The van der Waals surface area contributed by atoms with Gasteiger partial charge in [-0.25, -0.2) is 17.5 Å². The van der Waals surface area contributed by atoms with Crippen LogP contribution in [-0.4, -0.2) is 46.5 Å². The van der Waals surface area contributed by atoms with Gasteiger partial charge in [0.2, 0.25) is 10.0 Å². The molecule has 1 saturated heterocycles. The van der Waals surface area contributed by atoms with Crippen LogP contribution in [0, 0.1) is 5.82 Å². The molecular formula is C19H23ClFN3O2S. The third kappa shape index (κ3) is 5.42. The van der Waals surface area contributed by atoms with E-state index in [0.29, 0.717) is 0 Å². The Balaban J connectivity index is 1.59. The summed E-state index contributed by atoms with van der Waals surface area (Å²) >= 11 is 5.91. The van der Waals surface area contributed by atoms with Crippen molar-refractivity contribution in [1.29, 1.82) is 0 Å². The zero-order valence-electron chi connectivity index (χ0n) is 15.2. The molecule has 0 aliphatic carbocycles. The molecule has 1 heterocycles. The molecule has 0 radical (unpaired) electrons. The number of nitrogens with zero attached hydrogens (tertiary/aromatic N) is 2. The zero-order chi connectivity index (χ0) is 19.4. The number of anilines is 1. The van der Waals surface area contributed by atoms with Crippen LogP contribution >= 0.6 is 11.6 Å². The van der Waals surface area contributed by atoms with E-state index in [1.54, 1.807) is 0 Å². The summed E-state index contributed by atoms with van der Waals surface area (Å²) in [7, 11) is -1.59. The molecule has 5 nitrogen and oxygen atoms in total. The van der Waals surface area contributed by atoms with Gasteiger partial charge in [-0.15, -0.1) is 0 Å². The molecule has 1 fully saturated rings. The molecule has 146 valence electrons. The topological polar surface area (TPSA) is 52.6 Å². The highest BCUT2D eigenvalue weighted by Gasteiger charge is 2.18. The number of halogens is 2. The van der Waals surface area contributed by atoms with Crippen molar-refractivity contribution in [3.8, 4) is 0 Å². The van der Waals surface area contributed by atoms with Crippen molar-refractivity contribution in [2.45, 2.75) is 12.3 Å². The van der Waals surface area contributed by atoms with E-state index in [0.717, 1.165) is 37.4 Å². The standard InChI is InChI=1S/C19H23ClFN3O2S/c1-23-9-11-24(12-10-23)16-7-5-15(6-8-16)13-22-27(25,26)14-17-18(20)3-2-4-19(17)21/h2-8,22H,9-14H2,1H3. The van der Waals surface area contributed by atoms with Gasteiger partial charge in [-0.1, -0.05) is 29.8 Å². The fourth-order valence-electron chi connectivity index (χ4n) is 2.99. The number of hydrogen-bond donors (Lipinski definition) is 1. The van der Waals surface area contributed by atoms with Crippen LogP contribution in [0.3, 0.4) is 0 Å². The van der Waals surface area contributed by atoms with Gasteiger partial charge in [0.25, 0.3) is 0 Å². The number of rotatable bonds is 6. The van der Waals surface area contributed by atoms with Crippen LogP contribution in [0.15, 0.2) is 42.5 Å². The molecule has 0 spiro atoms. The lowest BCUT2D eigenvalue weighted by atomic mass is 10.2. The highest BCUT2D eigenvalue weighted by atomic mass is 35.5. The van der Waals surface area contributed by atoms with Crippen LogP contribution < -0.4 is 9.62 Å². The summed E-state index contributed by atoms with van der Waals surface area (Å²) in [5, 5.41) is 0.108. The molecule has 0 atom stereocenters. The smallest absolute Gasteiger partial charge is 0.216 e. The summed E-state index contributed by atoms with van der Waals surface area (Å²) < 4.78 is 40.9. The Morgan fingerprint density at radius 1 is 1.07 bits per heavy atom. The van der Waals surface area contributed by atoms with Gasteiger partial charge in [-0.3, -0.25) is 0 Å². The maximum atomic E-state index is 13.8. The highest BCUT2D eigenvalue weighted by Crippen LogP contribution is 2.21. The minimum absolute atomic E-state index is 0.0166. The summed E-state index contributed by atoms with van der Waals surface area (Å²) in [4.78, 5) is 4.61. The summed E-state index contributed by atoms with van der Waals surface area (Å²) in [6.07, 6.45) is 0. The molecule has 0 bridgehead atoms. The van der Waals surface area contributed by atoms with Crippen LogP contribution in [0.1, 0.15) is 11.1 Å². The van der Waals surface area contributed by atoms with Crippen molar-refractivity contribution >= 4 is 27.3 Å². The number of benzene rings is 2. The van der Waals surface area contributed by atoms with E-state index in [-0.39, 0.29) is 17.1 Å². The summed E-state index contributed by atoms with van der Waals surface area (Å²) in [5.74, 6) is -1.11. The molecule has 3 rings (SSSR count). The quantitative estimate of drug-likeness (QED) is 0.794. The van der Waals surface area contributed by atoms with Crippen molar-refractivity contribution < 1.29 is 12.8 Å². The first-order valence-corrected chi connectivity index (χ1v) is 10.8. The molecule has 0 saturated carbocycles. The van der Waals surface area contributed by atoms with Crippen LogP contribution in [0.2, 0.25) is 5.02 Å². The van der Waals surface area contributed by atoms with E-state index >= 15 is 0 Å². The number of piperazine rings is 1. The molecule has 0 amide bonds. The Bertz CT molecular complexity index is 862. The van der Waals surface area contributed by atoms with Crippen molar-refractivity contribution in [3.63, 3.8) is 0 Å². The Kier molecular flexibility index (Phi) is 6.37. The Morgan fingerprint density at radius 2 is 1.74 bits per heavy atom. The van der Waals surface area contributed by atoms with Gasteiger partial charge in [0.1, 0.15) is 5.82 Å². The van der Waals surface area contributed by atoms with Gasteiger partial charge in [0.15, 0.2) is 0 Å². The lowest BCUT2D eigenvalue weighted by Crippen LogP contribution is -2.44. The van der Waals surface area contributed by atoms with Crippen LogP contribution in [0.25, 0.3) is 0 Å². The fourth-order valence-corrected chi connectivity index (χ4v) is 4.46. The third-order valence-corrected chi connectivity index (χ3v) is 6.30. The van der Waals surface area contributed by atoms with Gasteiger partial charge in [-0.05, 0) is 36.9 Å². The second-order valence-electron chi connectivity index (χ2n) is 6.74. The molecular weight excluding hydrogens is 389 g/mol. The average molecular weight is 412 g/mol. The molecule has 1 aliphatic rings. The lowest BCUT2D eigenvalue weighted by Gasteiger charge is -2.34. The normalized spacial score (nSPS) is 15.9. The first-order valence-electron chi connectivity index (χ1n) is 8.77. The van der Waals surface area contributed by atoms with Gasteiger partial charge < -0.3 is 9.80 Å². The van der Waals surface area contributed by atoms with Gasteiger partial charge >= 0.3 is 0 Å². The molecule has 2 aromatic rings. The Labute approximate surface area is 164 Å². The fraction of sp³-hybridized carbons (Fsp3) is 0.368. The van der Waals surface area contributed by atoms with Crippen molar-refractivity contribution in [3.05, 3.63) is 64.4 Å². The van der Waals surface area contributed by atoms with Crippen LogP contribution in [0.4, 0.5) is 10.1 Å². The first kappa shape index (κ1) is 20.1. The maximum Gasteiger partial charge on any atom is 0.216 e. The summed E-state index contributed by atoms with van der Waals surface area (Å²) in [6, 6.07) is 12.0. The number of hydrogen-bond acceptors (Lipinski definition) is 4. The average Bonchev–Trinajstić information content (AvgIpc) is 2.65. The van der Waals surface area contributed by atoms with E-state index < -0.39 is 21.6 Å². The van der Waals surface area contributed by atoms with Gasteiger partial charge in [0.05, 0.1) is 5.75 Å². The second kappa shape index (κ2) is 8.56. The van der Waals surface area contributed by atoms with Gasteiger partial charge in [0, 0.05) is 49.0 Å². The number of nitrogens with one attached hydrogen (secondary N) is 1. The molecule has 1 aliphatic heterocycles. The predicted octanol–water partition coefficient (Wildman–Crippen LogP) is 2.85. The SMILES string of the molecule is CN1CCN(c2ccc(CNS(=O)(=O)Cc3c(F)cccc3Cl)cc2)CC1. The third-order valence-electron chi connectivity index (χ3n) is 4.70. The lowest BCUT2D eigenvalue weighted by molar-refractivity contribution is 0.313. The molecule has 0 unspecified atom stereocenters. The van der Waals surface area contributed by atoms with E-state index in [2.05, 4.69) is 21.6 Å².